The zero-order valence-electron chi connectivity index (χ0n) is 13.0. The Morgan fingerprint density at radius 1 is 1.36 bits per heavy atom. The van der Waals surface area contributed by atoms with Gasteiger partial charge < -0.3 is 19.4 Å². The Kier molecular flexibility index (Phi) is 3.41. The molecule has 1 aliphatic heterocycles. The summed E-state index contributed by atoms with van der Waals surface area (Å²) in [5.41, 5.74) is 2.22. The summed E-state index contributed by atoms with van der Waals surface area (Å²) in [5.74, 6) is -2.23. The Labute approximate surface area is 140 Å². The molecule has 9 heteroatoms. The molecule has 1 aromatic carbocycles. The van der Waals surface area contributed by atoms with Crippen LogP contribution in [0.1, 0.15) is 11.4 Å². The van der Waals surface area contributed by atoms with Crippen LogP contribution in [0.25, 0.3) is 11.1 Å². The van der Waals surface area contributed by atoms with Crippen LogP contribution in [0.2, 0.25) is 0 Å². The molecule has 1 atom stereocenters. The van der Waals surface area contributed by atoms with Crippen molar-refractivity contribution in [3.05, 3.63) is 52.5 Å². The standard InChI is InChI=1S/C16H14N4O5/c21-14(7-20-11-3-1-2-4-13(11)25-16(20)24)19-6-10-9(17-8-18-10)5-12(19)15(22)23/h1-4,8,12H,5-7H2,(H,17,18)(H,22,23)/t12-/m0/s1. The van der Waals surface area contributed by atoms with E-state index in [1.807, 2.05) is 0 Å². The summed E-state index contributed by atoms with van der Waals surface area (Å²) in [6, 6.07) is 5.75. The van der Waals surface area contributed by atoms with E-state index in [2.05, 4.69) is 9.97 Å². The first-order valence-corrected chi connectivity index (χ1v) is 7.66. The normalized spacial score (nSPS) is 16.8. The maximum Gasteiger partial charge on any atom is 0.420 e. The van der Waals surface area contributed by atoms with Gasteiger partial charge in [-0.25, -0.2) is 14.6 Å². The van der Waals surface area contributed by atoms with Gasteiger partial charge in [0.05, 0.1) is 29.8 Å². The van der Waals surface area contributed by atoms with Gasteiger partial charge in [-0.1, -0.05) is 12.1 Å². The van der Waals surface area contributed by atoms with Gasteiger partial charge in [0.2, 0.25) is 5.91 Å². The molecule has 0 aliphatic carbocycles. The van der Waals surface area contributed by atoms with Crippen molar-refractivity contribution in [2.24, 2.45) is 0 Å². The second-order valence-electron chi connectivity index (χ2n) is 5.83. The van der Waals surface area contributed by atoms with Crippen LogP contribution in [-0.2, 0) is 29.1 Å². The number of carboxylic acids is 1. The molecule has 0 saturated heterocycles. The molecule has 3 heterocycles. The Hall–Kier alpha value is -3.36. The Morgan fingerprint density at radius 3 is 2.96 bits per heavy atom. The fraction of sp³-hybridized carbons (Fsp3) is 0.250. The van der Waals surface area contributed by atoms with Gasteiger partial charge in [-0.2, -0.15) is 0 Å². The number of oxazole rings is 1. The lowest BCUT2D eigenvalue weighted by Crippen LogP contribution is -2.50. The van der Waals surface area contributed by atoms with Crippen LogP contribution in [0.15, 0.2) is 39.8 Å². The highest BCUT2D eigenvalue weighted by Crippen LogP contribution is 2.22. The second kappa shape index (κ2) is 5.62. The first kappa shape index (κ1) is 15.2. The SMILES string of the molecule is O=C(O)[C@@H]1Cc2nc[nH]c2CN1C(=O)Cn1c(=O)oc2ccccc21. The lowest BCUT2D eigenvalue weighted by Gasteiger charge is -2.32. The number of hydrogen-bond acceptors (Lipinski definition) is 5. The first-order valence-electron chi connectivity index (χ1n) is 7.66. The van der Waals surface area contributed by atoms with E-state index in [0.29, 0.717) is 22.5 Å². The van der Waals surface area contributed by atoms with Crippen LogP contribution in [0.4, 0.5) is 0 Å². The maximum absolute atomic E-state index is 12.7. The highest BCUT2D eigenvalue weighted by Gasteiger charge is 2.36. The molecule has 3 aromatic rings. The highest BCUT2D eigenvalue weighted by molar-refractivity contribution is 5.85. The summed E-state index contributed by atoms with van der Waals surface area (Å²) in [5, 5.41) is 9.45. The predicted molar refractivity (Wildman–Crippen MR) is 84.7 cm³/mol. The van der Waals surface area contributed by atoms with Gasteiger partial charge in [0.25, 0.3) is 0 Å². The van der Waals surface area contributed by atoms with Gasteiger partial charge in [-0.3, -0.25) is 9.36 Å². The summed E-state index contributed by atoms with van der Waals surface area (Å²) >= 11 is 0. The number of nitrogens with zero attached hydrogens (tertiary/aromatic N) is 3. The monoisotopic (exact) mass is 342 g/mol. The molecule has 1 aliphatic rings. The molecular weight excluding hydrogens is 328 g/mol. The third-order valence-electron chi connectivity index (χ3n) is 4.37. The number of aliphatic carboxylic acids is 1. The largest absolute Gasteiger partial charge is 0.480 e. The van der Waals surface area contributed by atoms with Gasteiger partial charge in [-0.15, -0.1) is 0 Å². The molecule has 128 valence electrons. The number of hydrogen-bond donors (Lipinski definition) is 2. The summed E-state index contributed by atoms with van der Waals surface area (Å²) in [7, 11) is 0. The number of imidazole rings is 1. The molecule has 0 unspecified atom stereocenters. The van der Waals surface area contributed by atoms with Crippen LogP contribution < -0.4 is 5.76 Å². The average molecular weight is 342 g/mol. The molecule has 25 heavy (non-hydrogen) atoms. The van der Waals surface area contributed by atoms with Gasteiger partial charge in [0.1, 0.15) is 12.6 Å². The number of fused-ring (bicyclic) bond motifs is 2. The molecule has 0 saturated carbocycles. The molecule has 0 radical (unpaired) electrons. The van der Waals surface area contributed by atoms with E-state index in [4.69, 9.17) is 4.42 Å². The lowest BCUT2D eigenvalue weighted by molar-refractivity contribution is -0.151. The molecule has 2 aromatic heterocycles. The molecule has 0 spiro atoms. The fourth-order valence-electron chi connectivity index (χ4n) is 3.11. The number of carbonyl (C=O) groups excluding carboxylic acids is 1. The third kappa shape index (κ3) is 2.49. The second-order valence-corrected chi connectivity index (χ2v) is 5.83. The van der Waals surface area contributed by atoms with E-state index >= 15 is 0 Å². The van der Waals surface area contributed by atoms with Crippen LogP contribution in [0.5, 0.6) is 0 Å². The van der Waals surface area contributed by atoms with Gasteiger partial charge >= 0.3 is 11.7 Å². The van der Waals surface area contributed by atoms with Gasteiger partial charge in [0, 0.05) is 6.42 Å². The van der Waals surface area contributed by atoms with Crippen molar-refractivity contribution in [1.82, 2.24) is 19.4 Å². The molecule has 0 bridgehead atoms. The van der Waals surface area contributed by atoms with E-state index < -0.39 is 23.7 Å². The van der Waals surface area contributed by atoms with E-state index in [1.54, 1.807) is 24.3 Å². The molecule has 1 amide bonds. The Morgan fingerprint density at radius 2 is 2.16 bits per heavy atom. The van der Waals surface area contributed by atoms with Crippen LogP contribution >= 0.6 is 0 Å². The van der Waals surface area contributed by atoms with Crippen LogP contribution in [0, 0.1) is 0 Å². The summed E-state index contributed by atoms with van der Waals surface area (Å²) in [6.45, 7) is -0.182. The van der Waals surface area contributed by atoms with Crippen molar-refractivity contribution in [2.45, 2.75) is 25.6 Å². The molecule has 9 nitrogen and oxygen atoms in total. The number of H-pyrrole nitrogens is 1. The number of carboxylic acid groups (broad SMARTS) is 1. The maximum atomic E-state index is 12.7. The minimum absolute atomic E-state index is 0.107. The molecule has 0 fully saturated rings. The van der Waals surface area contributed by atoms with Gasteiger partial charge in [-0.05, 0) is 12.1 Å². The van der Waals surface area contributed by atoms with E-state index in [9.17, 15) is 19.5 Å². The van der Waals surface area contributed by atoms with Crippen molar-refractivity contribution >= 4 is 23.0 Å². The molecule has 2 N–H and O–H groups in total. The number of rotatable bonds is 3. The van der Waals surface area contributed by atoms with E-state index in [1.165, 1.54) is 15.8 Å². The van der Waals surface area contributed by atoms with Crippen molar-refractivity contribution in [2.75, 3.05) is 0 Å². The zero-order valence-corrected chi connectivity index (χ0v) is 13.0. The first-order chi connectivity index (χ1) is 12.0. The molecular formula is C16H14N4O5. The van der Waals surface area contributed by atoms with Crippen molar-refractivity contribution in [3.63, 3.8) is 0 Å². The van der Waals surface area contributed by atoms with Crippen LogP contribution in [0.3, 0.4) is 0 Å². The summed E-state index contributed by atoms with van der Waals surface area (Å²) < 4.78 is 6.32. The number of aromatic nitrogens is 3. The van der Waals surface area contributed by atoms with Crippen molar-refractivity contribution in [1.29, 1.82) is 0 Å². The number of carbonyl (C=O) groups is 2. The average Bonchev–Trinajstić information content (AvgIpc) is 3.17. The minimum Gasteiger partial charge on any atom is -0.480 e. The highest BCUT2D eigenvalue weighted by atomic mass is 16.4. The number of amides is 1. The fourth-order valence-corrected chi connectivity index (χ4v) is 3.11. The number of benzene rings is 1. The summed E-state index contributed by atoms with van der Waals surface area (Å²) in [4.78, 5) is 44.6. The Balaban J connectivity index is 1.66. The van der Waals surface area contributed by atoms with Crippen molar-refractivity contribution in [3.8, 4) is 0 Å². The summed E-state index contributed by atoms with van der Waals surface area (Å²) in [6.07, 6.45) is 1.60. The zero-order chi connectivity index (χ0) is 17.6. The Bertz CT molecular complexity index is 1030. The quantitative estimate of drug-likeness (QED) is 0.708. The van der Waals surface area contributed by atoms with E-state index in [-0.39, 0.29) is 19.5 Å². The lowest BCUT2D eigenvalue weighted by atomic mass is 10.0. The number of aromatic amines is 1. The van der Waals surface area contributed by atoms with Gasteiger partial charge in [0.15, 0.2) is 5.58 Å². The number of nitrogens with one attached hydrogen (secondary N) is 1. The van der Waals surface area contributed by atoms with E-state index in [0.717, 1.165) is 0 Å². The minimum atomic E-state index is -1.11. The topological polar surface area (TPSA) is 121 Å². The molecule has 4 rings (SSSR count). The van der Waals surface area contributed by atoms with Crippen LogP contribution in [-0.4, -0.2) is 42.5 Å². The third-order valence-corrected chi connectivity index (χ3v) is 4.37. The predicted octanol–water partition coefficient (Wildman–Crippen LogP) is 0.356. The number of para-hydroxylation sites is 2. The van der Waals surface area contributed by atoms with Crippen molar-refractivity contribution < 1.29 is 19.1 Å². The smallest absolute Gasteiger partial charge is 0.420 e.